The summed E-state index contributed by atoms with van der Waals surface area (Å²) in [5.41, 5.74) is -0.0314. The average Bonchev–Trinajstić information content (AvgIpc) is 2.77. The van der Waals surface area contributed by atoms with Crippen molar-refractivity contribution in [2.45, 2.75) is 45.6 Å². The van der Waals surface area contributed by atoms with E-state index in [9.17, 15) is 4.79 Å². The first-order valence-electron chi connectivity index (χ1n) is 6.17. The Bertz CT molecular complexity index is 229. The van der Waals surface area contributed by atoms with Crippen molar-refractivity contribution >= 4 is 18.3 Å². The van der Waals surface area contributed by atoms with Gasteiger partial charge in [-0.25, -0.2) is 0 Å². The standard InChI is InChI=1S/C12H24N2O2.ClH/c1-12(2,9-15)6-4-8-14-11(16)10-5-3-7-13-10;/h10,13,15H,3-9H2,1-2H3,(H,14,16);1H. The summed E-state index contributed by atoms with van der Waals surface area (Å²) < 4.78 is 0. The largest absolute Gasteiger partial charge is 0.396 e. The normalized spacial score (nSPS) is 19.8. The number of carbonyl (C=O) groups excluding carboxylic acids is 1. The van der Waals surface area contributed by atoms with Crippen molar-refractivity contribution in [3.63, 3.8) is 0 Å². The summed E-state index contributed by atoms with van der Waals surface area (Å²) in [4.78, 5) is 11.6. The van der Waals surface area contributed by atoms with Gasteiger partial charge in [-0.3, -0.25) is 4.79 Å². The monoisotopic (exact) mass is 264 g/mol. The van der Waals surface area contributed by atoms with Crippen molar-refractivity contribution in [1.29, 1.82) is 0 Å². The number of rotatable bonds is 6. The minimum Gasteiger partial charge on any atom is -0.396 e. The Morgan fingerprint density at radius 3 is 2.76 bits per heavy atom. The summed E-state index contributed by atoms with van der Waals surface area (Å²) in [5.74, 6) is 0.124. The third kappa shape index (κ3) is 6.24. The molecule has 0 bridgehead atoms. The van der Waals surface area contributed by atoms with Crippen molar-refractivity contribution in [2.75, 3.05) is 19.7 Å². The van der Waals surface area contributed by atoms with Gasteiger partial charge in [0.2, 0.25) is 5.91 Å². The van der Waals surface area contributed by atoms with Gasteiger partial charge in [0.1, 0.15) is 0 Å². The molecule has 1 amide bonds. The van der Waals surface area contributed by atoms with Crippen LogP contribution < -0.4 is 10.6 Å². The molecule has 0 aromatic rings. The van der Waals surface area contributed by atoms with Crippen LogP contribution in [0.3, 0.4) is 0 Å². The molecule has 1 saturated heterocycles. The number of aliphatic hydroxyl groups is 1. The van der Waals surface area contributed by atoms with E-state index in [2.05, 4.69) is 10.6 Å². The van der Waals surface area contributed by atoms with E-state index in [4.69, 9.17) is 5.11 Å². The molecule has 1 aliphatic heterocycles. The van der Waals surface area contributed by atoms with Crippen molar-refractivity contribution < 1.29 is 9.90 Å². The molecule has 5 heteroatoms. The molecule has 0 aromatic carbocycles. The van der Waals surface area contributed by atoms with E-state index in [1.54, 1.807) is 0 Å². The molecule has 1 aliphatic rings. The number of hydrogen-bond acceptors (Lipinski definition) is 3. The number of aliphatic hydroxyl groups excluding tert-OH is 1. The van der Waals surface area contributed by atoms with Gasteiger partial charge in [-0.05, 0) is 37.6 Å². The topological polar surface area (TPSA) is 61.4 Å². The summed E-state index contributed by atoms with van der Waals surface area (Å²) in [6.07, 6.45) is 3.90. The Morgan fingerprint density at radius 2 is 2.24 bits per heavy atom. The zero-order valence-electron chi connectivity index (χ0n) is 10.8. The number of amides is 1. The van der Waals surface area contributed by atoms with Crippen LogP contribution in [0.25, 0.3) is 0 Å². The van der Waals surface area contributed by atoms with Crippen LogP contribution in [0.15, 0.2) is 0 Å². The lowest BCUT2D eigenvalue weighted by molar-refractivity contribution is -0.122. The van der Waals surface area contributed by atoms with Crippen molar-refractivity contribution in [3.05, 3.63) is 0 Å². The van der Waals surface area contributed by atoms with Gasteiger partial charge in [0.15, 0.2) is 0 Å². The Labute approximate surface area is 110 Å². The Kier molecular flexibility index (Phi) is 7.75. The molecular weight excluding hydrogens is 240 g/mol. The summed E-state index contributed by atoms with van der Waals surface area (Å²) in [7, 11) is 0. The van der Waals surface area contributed by atoms with E-state index in [1.165, 1.54) is 0 Å². The highest BCUT2D eigenvalue weighted by Gasteiger charge is 2.21. The van der Waals surface area contributed by atoms with Crippen LogP contribution in [-0.4, -0.2) is 36.8 Å². The lowest BCUT2D eigenvalue weighted by Gasteiger charge is -2.21. The second kappa shape index (κ2) is 7.90. The molecule has 102 valence electrons. The van der Waals surface area contributed by atoms with Gasteiger partial charge < -0.3 is 15.7 Å². The zero-order valence-corrected chi connectivity index (χ0v) is 11.6. The molecule has 0 radical (unpaired) electrons. The van der Waals surface area contributed by atoms with Gasteiger partial charge in [0, 0.05) is 13.2 Å². The molecule has 1 rings (SSSR count). The Morgan fingerprint density at radius 1 is 1.53 bits per heavy atom. The SMILES string of the molecule is CC(C)(CO)CCCNC(=O)C1CCCN1.Cl. The fourth-order valence-corrected chi connectivity index (χ4v) is 1.89. The molecule has 17 heavy (non-hydrogen) atoms. The minimum atomic E-state index is -0.0314. The fourth-order valence-electron chi connectivity index (χ4n) is 1.89. The third-order valence-electron chi connectivity index (χ3n) is 3.13. The highest BCUT2D eigenvalue weighted by Crippen LogP contribution is 2.20. The highest BCUT2D eigenvalue weighted by atomic mass is 35.5. The molecule has 0 spiro atoms. The number of nitrogens with one attached hydrogen (secondary N) is 2. The van der Waals surface area contributed by atoms with Crippen LogP contribution >= 0.6 is 12.4 Å². The lowest BCUT2D eigenvalue weighted by Crippen LogP contribution is -2.40. The molecule has 1 unspecified atom stereocenters. The van der Waals surface area contributed by atoms with Gasteiger partial charge in [0.25, 0.3) is 0 Å². The highest BCUT2D eigenvalue weighted by molar-refractivity contribution is 5.85. The summed E-state index contributed by atoms with van der Waals surface area (Å²) >= 11 is 0. The van der Waals surface area contributed by atoms with E-state index in [-0.39, 0.29) is 36.4 Å². The summed E-state index contributed by atoms with van der Waals surface area (Å²) in [5, 5.41) is 15.2. The van der Waals surface area contributed by atoms with E-state index in [0.29, 0.717) is 6.54 Å². The molecule has 3 N–H and O–H groups in total. The van der Waals surface area contributed by atoms with Crippen molar-refractivity contribution in [3.8, 4) is 0 Å². The van der Waals surface area contributed by atoms with Crippen LogP contribution in [0.2, 0.25) is 0 Å². The van der Waals surface area contributed by atoms with Crippen LogP contribution in [0.5, 0.6) is 0 Å². The second-order valence-electron chi connectivity index (χ2n) is 5.37. The number of hydrogen-bond donors (Lipinski definition) is 3. The van der Waals surface area contributed by atoms with Gasteiger partial charge in [-0.15, -0.1) is 12.4 Å². The fraction of sp³-hybridized carbons (Fsp3) is 0.917. The Hall–Kier alpha value is -0.320. The molecule has 0 saturated carbocycles. The maximum Gasteiger partial charge on any atom is 0.237 e. The molecule has 1 heterocycles. The maximum atomic E-state index is 11.6. The molecule has 0 aromatic heterocycles. The summed E-state index contributed by atoms with van der Waals surface area (Å²) in [6, 6.07) is 0.0193. The lowest BCUT2D eigenvalue weighted by atomic mass is 9.89. The smallest absolute Gasteiger partial charge is 0.237 e. The van der Waals surface area contributed by atoms with Crippen LogP contribution in [-0.2, 0) is 4.79 Å². The quantitative estimate of drug-likeness (QED) is 0.629. The second-order valence-corrected chi connectivity index (χ2v) is 5.37. The predicted octanol–water partition coefficient (Wildman–Crippen LogP) is 1.08. The van der Waals surface area contributed by atoms with Gasteiger partial charge in [-0.1, -0.05) is 13.8 Å². The van der Waals surface area contributed by atoms with Gasteiger partial charge in [-0.2, -0.15) is 0 Å². The molecule has 0 aliphatic carbocycles. The average molecular weight is 265 g/mol. The molecule has 1 atom stereocenters. The van der Waals surface area contributed by atoms with Crippen LogP contribution in [0.4, 0.5) is 0 Å². The van der Waals surface area contributed by atoms with Crippen molar-refractivity contribution in [1.82, 2.24) is 10.6 Å². The van der Waals surface area contributed by atoms with Crippen LogP contribution in [0, 0.1) is 5.41 Å². The third-order valence-corrected chi connectivity index (χ3v) is 3.13. The first-order valence-corrected chi connectivity index (χ1v) is 6.17. The number of carbonyl (C=O) groups is 1. The van der Waals surface area contributed by atoms with Gasteiger partial charge in [0.05, 0.1) is 6.04 Å². The van der Waals surface area contributed by atoms with E-state index >= 15 is 0 Å². The first-order chi connectivity index (χ1) is 7.55. The zero-order chi connectivity index (χ0) is 12.0. The molecular formula is C12H25ClN2O2. The molecule has 1 fully saturated rings. The van der Waals surface area contributed by atoms with Crippen LogP contribution in [0.1, 0.15) is 39.5 Å². The molecule has 4 nitrogen and oxygen atoms in total. The first kappa shape index (κ1) is 16.7. The maximum absolute atomic E-state index is 11.6. The van der Waals surface area contributed by atoms with Crippen molar-refractivity contribution in [2.24, 2.45) is 5.41 Å². The van der Waals surface area contributed by atoms with E-state index in [1.807, 2.05) is 13.8 Å². The number of halogens is 1. The van der Waals surface area contributed by atoms with Gasteiger partial charge >= 0.3 is 0 Å². The predicted molar refractivity (Wildman–Crippen MR) is 71.4 cm³/mol. The van der Waals surface area contributed by atoms with E-state index in [0.717, 1.165) is 32.2 Å². The summed E-state index contributed by atoms with van der Waals surface area (Å²) in [6.45, 7) is 5.93. The van der Waals surface area contributed by atoms with E-state index < -0.39 is 0 Å². The Balaban J connectivity index is 0.00000256. The minimum absolute atomic E-state index is 0.